The van der Waals surface area contributed by atoms with E-state index in [0.717, 1.165) is 31.5 Å². The van der Waals surface area contributed by atoms with Crippen molar-refractivity contribution in [3.05, 3.63) is 59.9 Å². The van der Waals surface area contributed by atoms with Gasteiger partial charge in [-0.05, 0) is 56.2 Å². The third kappa shape index (κ3) is 4.84. The van der Waals surface area contributed by atoms with Gasteiger partial charge in [-0.2, -0.15) is 0 Å². The third-order valence-corrected chi connectivity index (χ3v) is 5.18. The molecule has 1 aliphatic rings. The molecular weight excluding hydrogens is 322 g/mol. The minimum absolute atomic E-state index is 0.0787. The van der Waals surface area contributed by atoms with Gasteiger partial charge in [0.05, 0.1) is 0 Å². The molecular formula is C22H29N3O. The fourth-order valence-corrected chi connectivity index (χ4v) is 3.72. The molecule has 138 valence electrons. The van der Waals surface area contributed by atoms with E-state index in [1.165, 1.54) is 24.8 Å². The Morgan fingerprint density at radius 1 is 1.23 bits per heavy atom. The zero-order chi connectivity index (χ0) is 18.2. The average molecular weight is 351 g/mol. The molecule has 2 heterocycles. The number of pyridine rings is 1. The van der Waals surface area contributed by atoms with Crippen LogP contribution in [0.3, 0.4) is 0 Å². The Morgan fingerprint density at radius 2 is 2.08 bits per heavy atom. The number of carbonyl (C=O) groups is 1. The van der Waals surface area contributed by atoms with Crippen LogP contribution in [0.5, 0.6) is 0 Å². The van der Waals surface area contributed by atoms with Gasteiger partial charge in [0.1, 0.15) is 5.69 Å². The summed E-state index contributed by atoms with van der Waals surface area (Å²) in [6, 6.07) is 14.9. The summed E-state index contributed by atoms with van der Waals surface area (Å²) in [5, 5.41) is 3.00. The van der Waals surface area contributed by atoms with Crippen LogP contribution < -0.4 is 10.2 Å². The van der Waals surface area contributed by atoms with Gasteiger partial charge in [-0.3, -0.25) is 9.78 Å². The molecule has 1 saturated heterocycles. The van der Waals surface area contributed by atoms with Crippen LogP contribution in [-0.4, -0.2) is 30.0 Å². The highest BCUT2D eigenvalue weighted by Gasteiger charge is 2.21. The first-order valence-corrected chi connectivity index (χ1v) is 9.82. The topological polar surface area (TPSA) is 45.2 Å². The van der Waals surface area contributed by atoms with Crippen molar-refractivity contribution < 1.29 is 4.79 Å². The standard InChI is InChI=1S/C22H29N3O/c1-2-19-12-6-7-16-25(19)20-13-15-23-21(17-20)22(26)24-14-8-11-18-9-4-3-5-10-18/h3-5,9-10,13,15,17,19H,2,6-8,11-12,14,16H2,1H3,(H,24,26). The second-order valence-electron chi connectivity index (χ2n) is 7.00. The molecule has 4 nitrogen and oxygen atoms in total. The van der Waals surface area contributed by atoms with Crippen molar-refractivity contribution in [2.75, 3.05) is 18.0 Å². The van der Waals surface area contributed by atoms with Gasteiger partial charge in [0.2, 0.25) is 0 Å². The second-order valence-corrected chi connectivity index (χ2v) is 7.00. The molecule has 0 radical (unpaired) electrons. The molecule has 1 aliphatic heterocycles. The number of piperidine rings is 1. The molecule has 1 aromatic heterocycles. The van der Waals surface area contributed by atoms with Gasteiger partial charge in [0, 0.05) is 31.0 Å². The molecule has 1 amide bonds. The van der Waals surface area contributed by atoms with Crippen LogP contribution in [0.15, 0.2) is 48.7 Å². The summed E-state index contributed by atoms with van der Waals surface area (Å²) in [6.07, 6.45) is 8.56. The molecule has 1 fully saturated rings. The Morgan fingerprint density at radius 3 is 2.88 bits per heavy atom. The normalized spacial score (nSPS) is 17.1. The fourth-order valence-electron chi connectivity index (χ4n) is 3.72. The largest absolute Gasteiger partial charge is 0.368 e. The van der Waals surface area contributed by atoms with Crippen LogP contribution in [0.2, 0.25) is 0 Å². The fraction of sp³-hybridized carbons (Fsp3) is 0.455. The van der Waals surface area contributed by atoms with Crippen molar-refractivity contribution in [1.82, 2.24) is 10.3 Å². The van der Waals surface area contributed by atoms with Crippen LogP contribution in [0.1, 0.15) is 55.1 Å². The SMILES string of the molecule is CCC1CCCCN1c1ccnc(C(=O)NCCCc2ccccc2)c1. The summed E-state index contributed by atoms with van der Waals surface area (Å²) in [7, 11) is 0. The first-order chi connectivity index (χ1) is 12.8. The predicted octanol–water partition coefficient (Wildman–Crippen LogP) is 4.21. The van der Waals surface area contributed by atoms with Crippen LogP contribution in [0.25, 0.3) is 0 Å². The van der Waals surface area contributed by atoms with Gasteiger partial charge in [0.15, 0.2) is 0 Å². The van der Waals surface area contributed by atoms with Gasteiger partial charge in [-0.25, -0.2) is 0 Å². The Hall–Kier alpha value is -2.36. The van der Waals surface area contributed by atoms with E-state index < -0.39 is 0 Å². The lowest BCUT2D eigenvalue weighted by Gasteiger charge is -2.37. The maximum absolute atomic E-state index is 12.4. The van der Waals surface area contributed by atoms with Crippen molar-refractivity contribution in [2.24, 2.45) is 0 Å². The van der Waals surface area contributed by atoms with Gasteiger partial charge < -0.3 is 10.2 Å². The molecule has 26 heavy (non-hydrogen) atoms. The maximum Gasteiger partial charge on any atom is 0.269 e. The Bertz CT molecular complexity index is 702. The van der Waals surface area contributed by atoms with Crippen LogP contribution in [0, 0.1) is 0 Å². The van der Waals surface area contributed by atoms with Gasteiger partial charge in [-0.15, -0.1) is 0 Å². The molecule has 4 heteroatoms. The highest BCUT2D eigenvalue weighted by Crippen LogP contribution is 2.26. The zero-order valence-corrected chi connectivity index (χ0v) is 15.7. The lowest BCUT2D eigenvalue weighted by molar-refractivity contribution is 0.0948. The molecule has 2 aromatic rings. The number of nitrogens with one attached hydrogen (secondary N) is 1. The monoisotopic (exact) mass is 351 g/mol. The minimum Gasteiger partial charge on any atom is -0.368 e. The van der Waals surface area contributed by atoms with Crippen LogP contribution in [-0.2, 0) is 6.42 Å². The van der Waals surface area contributed by atoms with Crippen molar-refractivity contribution in [3.63, 3.8) is 0 Å². The van der Waals surface area contributed by atoms with E-state index >= 15 is 0 Å². The summed E-state index contributed by atoms with van der Waals surface area (Å²) in [4.78, 5) is 19.2. The van der Waals surface area contributed by atoms with E-state index in [-0.39, 0.29) is 5.91 Å². The molecule has 0 aliphatic carbocycles. The van der Waals surface area contributed by atoms with E-state index in [4.69, 9.17) is 0 Å². The molecule has 1 unspecified atom stereocenters. The van der Waals surface area contributed by atoms with E-state index in [1.807, 2.05) is 30.3 Å². The zero-order valence-electron chi connectivity index (χ0n) is 15.7. The summed E-state index contributed by atoms with van der Waals surface area (Å²) in [5.74, 6) is -0.0787. The van der Waals surface area contributed by atoms with Crippen LogP contribution in [0.4, 0.5) is 5.69 Å². The minimum atomic E-state index is -0.0787. The van der Waals surface area contributed by atoms with Crippen molar-refractivity contribution in [3.8, 4) is 0 Å². The van der Waals surface area contributed by atoms with Gasteiger partial charge >= 0.3 is 0 Å². The summed E-state index contributed by atoms with van der Waals surface area (Å²) in [5.41, 5.74) is 2.95. The Balaban J connectivity index is 1.54. The van der Waals surface area contributed by atoms with E-state index in [1.54, 1.807) is 6.20 Å². The lowest BCUT2D eigenvalue weighted by Crippen LogP contribution is -2.39. The van der Waals surface area contributed by atoms with Gasteiger partial charge in [-0.1, -0.05) is 37.3 Å². The number of aromatic nitrogens is 1. The first-order valence-electron chi connectivity index (χ1n) is 9.82. The van der Waals surface area contributed by atoms with Gasteiger partial charge in [0.25, 0.3) is 5.91 Å². The lowest BCUT2D eigenvalue weighted by atomic mass is 9.99. The smallest absolute Gasteiger partial charge is 0.269 e. The number of rotatable bonds is 7. The number of benzene rings is 1. The number of carbonyl (C=O) groups excluding carboxylic acids is 1. The maximum atomic E-state index is 12.4. The molecule has 3 rings (SSSR count). The molecule has 1 atom stereocenters. The number of nitrogens with zero attached hydrogens (tertiary/aromatic N) is 2. The predicted molar refractivity (Wildman–Crippen MR) is 107 cm³/mol. The van der Waals surface area contributed by atoms with E-state index in [9.17, 15) is 4.79 Å². The summed E-state index contributed by atoms with van der Waals surface area (Å²) in [6.45, 7) is 3.98. The molecule has 1 N–H and O–H groups in total. The molecule has 0 saturated carbocycles. The number of anilines is 1. The number of aryl methyl sites for hydroxylation is 1. The van der Waals surface area contributed by atoms with E-state index in [2.05, 4.69) is 34.3 Å². The second kappa shape index (κ2) is 9.37. The summed E-state index contributed by atoms with van der Waals surface area (Å²) >= 11 is 0. The number of hydrogen-bond acceptors (Lipinski definition) is 3. The van der Waals surface area contributed by atoms with Crippen molar-refractivity contribution in [2.45, 2.75) is 51.5 Å². The number of hydrogen-bond donors (Lipinski definition) is 1. The quantitative estimate of drug-likeness (QED) is 0.760. The van der Waals surface area contributed by atoms with Crippen molar-refractivity contribution in [1.29, 1.82) is 0 Å². The Labute approximate surface area is 156 Å². The number of amides is 1. The third-order valence-electron chi connectivity index (χ3n) is 5.18. The molecule has 0 spiro atoms. The average Bonchev–Trinajstić information content (AvgIpc) is 2.72. The van der Waals surface area contributed by atoms with Crippen LogP contribution >= 0.6 is 0 Å². The van der Waals surface area contributed by atoms with E-state index in [0.29, 0.717) is 18.3 Å². The highest BCUT2D eigenvalue weighted by atomic mass is 16.1. The molecule has 1 aromatic carbocycles. The highest BCUT2D eigenvalue weighted by molar-refractivity contribution is 5.93. The Kier molecular flexibility index (Phi) is 6.64. The molecule has 0 bridgehead atoms. The van der Waals surface area contributed by atoms with Crippen molar-refractivity contribution >= 4 is 11.6 Å². The first kappa shape index (κ1) is 18.4. The summed E-state index contributed by atoms with van der Waals surface area (Å²) < 4.78 is 0.